The summed E-state index contributed by atoms with van der Waals surface area (Å²) in [5.74, 6) is 0.994. The fourth-order valence-corrected chi connectivity index (χ4v) is 4.01. The lowest BCUT2D eigenvalue weighted by atomic mass is 10.1. The molecule has 1 aromatic carbocycles. The molecule has 0 fully saturated rings. The number of hydrogen-bond donors (Lipinski definition) is 1. The second-order valence-corrected chi connectivity index (χ2v) is 6.76. The molecule has 1 N–H and O–H groups in total. The van der Waals surface area contributed by atoms with Gasteiger partial charge in [-0.25, -0.2) is 4.98 Å². The van der Waals surface area contributed by atoms with Crippen LogP contribution in [0.1, 0.15) is 29.3 Å². The Hall–Kier alpha value is -1.82. The molecule has 3 aromatic rings. The summed E-state index contributed by atoms with van der Waals surface area (Å²) in [4.78, 5) is 4.63. The zero-order valence-corrected chi connectivity index (χ0v) is 16.1. The molecule has 2 aliphatic rings. The second kappa shape index (κ2) is 7.82. The maximum atomic E-state index is 4.83. The molecule has 0 amide bonds. The van der Waals surface area contributed by atoms with Crippen molar-refractivity contribution in [2.24, 2.45) is 0 Å². The number of aromatic nitrogens is 4. The average molecular weight is 392 g/mol. The van der Waals surface area contributed by atoms with Crippen LogP contribution in [-0.2, 0) is 25.9 Å². The molecule has 5 nitrogen and oxygen atoms in total. The number of imidazole rings is 1. The van der Waals surface area contributed by atoms with Crippen molar-refractivity contribution in [1.29, 1.82) is 0 Å². The minimum absolute atomic E-state index is 0. The summed E-state index contributed by atoms with van der Waals surface area (Å²) in [5.41, 5.74) is 5.18. The van der Waals surface area contributed by atoms with Crippen molar-refractivity contribution in [2.75, 3.05) is 6.54 Å². The summed E-state index contributed by atoms with van der Waals surface area (Å²) in [6.07, 6.45) is 7.29. The maximum Gasteiger partial charge on any atom is 0.160 e. The molecule has 26 heavy (non-hydrogen) atoms. The van der Waals surface area contributed by atoms with Crippen molar-refractivity contribution < 1.29 is 0 Å². The number of nitrogens with zero attached hydrogens (tertiary/aromatic N) is 4. The zero-order valence-electron chi connectivity index (χ0n) is 14.5. The van der Waals surface area contributed by atoms with Crippen molar-refractivity contribution in [3.8, 4) is 11.5 Å². The summed E-state index contributed by atoms with van der Waals surface area (Å²) in [7, 11) is 0. The molecule has 138 valence electrons. The van der Waals surface area contributed by atoms with E-state index in [1.54, 1.807) is 0 Å². The highest BCUT2D eigenvalue weighted by Gasteiger charge is 2.25. The number of hydrogen-bond acceptors (Lipinski definition) is 3. The summed E-state index contributed by atoms with van der Waals surface area (Å²) in [5, 5.41) is 8.28. The Morgan fingerprint density at radius 1 is 1.08 bits per heavy atom. The number of benzene rings is 1. The summed E-state index contributed by atoms with van der Waals surface area (Å²) >= 11 is 0. The van der Waals surface area contributed by atoms with Gasteiger partial charge in [-0.2, -0.15) is 5.10 Å². The van der Waals surface area contributed by atoms with Gasteiger partial charge in [0.2, 0.25) is 0 Å². The molecule has 7 heteroatoms. The monoisotopic (exact) mass is 391 g/mol. The first-order chi connectivity index (χ1) is 11.9. The van der Waals surface area contributed by atoms with Gasteiger partial charge in [0.15, 0.2) is 5.82 Å². The SMILES string of the molecule is Cl.Cl.c1ccc2c(c1)CC(n1ccnc1-c1cc3n(n1)CCCNC3)C2. The molecule has 0 spiro atoms. The van der Waals surface area contributed by atoms with Gasteiger partial charge in [-0.15, -0.1) is 24.8 Å². The smallest absolute Gasteiger partial charge is 0.160 e. The molecular formula is C19H23Cl2N5. The third kappa shape index (κ3) is 3.27. The Morgan fingerprint density at radius 3 is 2.62 bits per heavy atom. The zero-order chi connectivity index (χ0) is 15.9. The van der Waals surface area contributed by atoms with Crippen molar-refractivity contribution in [3.05, 3.63) is 59.5 Å². The Morgan fingerprint density at radius 2 is 1.85 bits per heavy atom. The Kier molecular flexibility index (Phi) is 5.70. The largest absolute Gasteiger partial charge is 0.326 e. The Bertz CT molecular complexity index is 837. The fourth-order valence-electron chi connectivity index (χ4n) is 4.01. The van der Waals surface area contributed by atoms with E-state index in [1.807, 2.05) is 6.20 Å². The van der Waals surface area contributed by atoms with E-state index < -0.39 is 0 Å². The molecule has 0 saturated carbocycles. The predicted molar refractivity (Wildman–Crippen MR) is 107 cm³/mol. The number of nitrogens with one attached hydrogen (secondary N) is 1. The van der Waals surface area contributed by atoms with Gasteiger partial charge in [-0.1, -0.05) is 24.3 Å². The first-order valence-electron chi connectivity index (χ1n) is 8.76. The average Bonchev–Trinajstić information content (AvgIpc) is 3.29. The highest BCUT2D eigenvalue weighted by Crippen LogP contribution is 2.32. The highest BCUT2D eigenvalue weighted by molar-refractivity contribution is 5.85. The molecule has 1 aliphatic heterocycles. The van der Waals surface area contributed by atoms with Gasteiger partial charge in [0.05, 0.1) is 5.69 Å². The van der Waals surface area contributed by atoms with Gasteiger partial charge in [-0.3, -0.25) is 4.68 Å². The highest BCUT2D eigenvalue weighted by atomic mass is 35.5. The molecule has 0 radical (unpaired) electrons. The van der Waals surface area contributed by atoms with E-state index in [4.69, 9.17) is 5.10 Å². The van der Waals surface area contributed by atoms with Crippen molar-refractivity contribution >= 4 is 24.8 Å². The molecule has 3 heterocycles. The van der Waals surface area contributed by atoms with Crippen molar-refractivity contribution in [2.45, 2.75) is 38.4 Å². The van der Waals surface area contributed by atoms with Crippen LogP contribution in [0.4, 0.5) is 0 Å². The molecule has 0 atom stereocenters. The van der Waals surface area contributed by atoms with Crippen LogP contribution in [0.15, 0.2) is 42.7 Å². The molecule has 0 saturated heterocycles. The van der Waals surface area contributed by atoms with E-state index in [0.29, 0.717) is 6.04 Å². The van der Waals surface area contributed by atoms with Crippen molar-refractivity contribution in [1.82, 2.24) is 24.6 Å². The lowest BCUT2D eigenvalue weighted by Crippen LogP contribution is -2.12. The minimum atomic E-state index is 0. The van der Waals surface area contributed by atoms with E-state index in [9.17, 15) is 0 Å². The van der Waals surface area contributed by atoms with Gasteiger partial charge in [0.1, 0.15) is 5.69 Å². The number of rotatable bonds is 2. The lowest BCUT2D eigenvalue weighted by molar-refractivity contribution is 0.531. The van der Waals surface area contributed by atoms with Crippen LogP contribution in [0.25, 0.3) is 11.5 Å². The third-order valence-electron chi connectivity index (χ3n) is 5.21. The summed E-state index contributed by atoms with van der Waals surface area (Å²) in [6, 6.07) is 11.4. The van der Waals surface area contributed by atoms with Crippen LogP contribution in [0, 0.1) is 0 Å². The van der Waals surface area contributed by atoms with E-state index in [2.05, 4.69) is 56.1 Å². The predicted octanol–water partition coefficient (Wildman–Crippen LogP) is 3.42. The van der Waals surface area contributed by atoms with E-state index in [0.717, 1.165) is 50.4 Å². The van der Waals surface area contributed by atoms with Gasteiger partial charge in [0.25, 0.3) is 0 Å². The lowest BCUT2D eigenvalue weighted by Gasteiger charge is -2.14. The van der Waals surface area contributed by atoms with Crippen LogP contribution in [0.2, 0.25) is 0 Å². The molecule has 1 aliphatic carbocycles. The van der Waals surface area contributed by atoms with E-state index in [-0.39, 0.29) is 24.8 Å². The summed E-state index contributed by atoms with van der Waals surface area (Å²) in [6.45, 7) is 2.94. The molecule has 0 bridgehead atoms. The maximum absolute atomic E-state index is 4.83. The van der Waals surface area contributed by atoms with Crippen LogP contribution >= 0.6 is 24.8 Å². The van der Waals surface area contributed by atoms with Crippen LogP contribution in [-0.4, -0.2) is 25.9 Å². The number of fused-ring (bicyclic) bond motifs is 2. The molecular weight excluding hydrogens is 369 g/mol. The van der Waals surface area contributed by atoms with Crippen LogP contribution < -0.4 is 5.32 Å². The molecule has 0 unspecified atom stereocenters. The Balaban J connectivity index is 0.000000980. The first-order valence-corrected chi connectivity index (χ1v) is 8.76. The quantitative estimate of drug-likeness (QED) is 0.727. The van der Waals surface area contributed by atoms with E-state index >= 15 is 0 Å². The van der Waals surface area contributed by atoms with Crippen molar-refractivity contribution in [3.63, 3.8) is 0 Å². The second-order valence-electron chi connectivity index (χ2n) is 6.76. The van der Waals surface area contributed by atoms with Crippen LogP contribution in [0.3, 0.4) is 0 Å². The normalized spacial score (nSPS) is 16.2. The van der Waals surface area contributed by atoms with Gasteiger partial charge >= 0.3 is 0 Å². The number of aryl methyl sites for hydroxylation is 1. The van der Waals surface area contributed by atoms with E-state index in [1.165, 1.54) is 16.8 Å². The topological polar surface area (TPSA) is 47.7 Å². The van der Waals surface area contributed by atoms with Crippen LogP contribution in [0.5, 0.6) is 0 Å². The first kappa shape index (κ1) is 19.0. The summed E-state index contributed by atoms with van der Waals surface area (Å²) < 4.78 is 4.45. The van der Waals surface area contributed by atoms with Gasteiger partial charge in [0, 0.05) is 31.5 Å². The van der Waals surface area contributed by atoms with Gasteiger partial charge < -0.3 is 9.88 Å². The number of halogens is 2. The fraction of sp³-hybridized carbons (Fsp3) is 0.368. The molecule has 2 aromatic heterocycles. The van der Waals surface area contributed by atoms with Gasteiger partial charge in [-0.05, 0) is 43.0 Å². The molecule has 5 rings (SSSR count). The Labute approximate surface area is 165 Å². The minimum Gasteiger partial charge on any atom is -0.326 e. The standard InChI is InChI=1S/C19H21N5.2ClH/c1-2-5-15-11-16(10-14(15)4-1)23-9-7-21-19(23)18-12-17-13-20-6-3-8-24(17)22-18;;/h1-2,4-5,7,9,12,16,20H,3,6,8,10-11,13H2;2*1H. The third-order valence-corrected chi connectivity index (χ3v) is 5.21.